The maximum absolute atomic E-state index is 12.3. The monoisotopic (exact) mass is 310 g/mol. The van der Waals surface area contributed by atoms with Gasteiger partial charge in [0.15, 0.2) is 0 Å². The first kappa shape index (κ1) is 19.1. The van der Waals surface area contributed by atoms with Gasteiger partial charge >= 0.3 is 12.4 Å². The van der Waals surface area contributed by atoms with Gasteiger partial charge in [-0.15, -0.1) is 0 Å². The van der Waals surface area contributed by atoms with Gasteiger partial charge in [-0.1, -0.05) is 0 Å². The van der Waals surface area contributed by atoms with E-state index in [1.54, 1.807) is 19.0 Å². The highest BCUT2D eigenvalue weighted by Gasteiger charge is 2.70. The number of rotatable bonds is 7. The van der Waals surface area contributed by atoms with Gasteiger partial charge in [-0.3, -0.25) is 4.79 Å². The van der Waals surface area contributed by atoms with Crippen LogP contribution in [0.2, 0.25) is 0 Å². The zero-order valence-electron chi connectivity index (χ0n) is 10.9. The molecule has 0 heterocycles. The zero-order valence-corrected chi connectivity index (χ0v) is 10.9. The third kappa shape index (κ3) is 5.25. The van der Waals surface area contributed by atoms with E-state index in [9.17, 15) is 31.1 Å². The van der Waals surface area contributed by atoms with Crippen molar-refractivity contribution in [2.24, 2.45) is 0 Å². The summed E-state index contributed by atoms with van der Waals surface area (Å²) in [4.78, 5) is 12.9. The Morgan fingerprint density at radius 2 is 1.55 bits per heavy atom. The fourth-order valence-electron chi connectivity index (χ4n) is 1.24. The van der Waals surface area contributed by atoms with Crippen LogP contribution >= 0.6 is 0 Å². The number of carbonyl (C=O) groups is 1. The average Bonchev–Trinajstić information content (AvgIpc) is 2.20. The molecule has 0 unspecified atom stereocenters. The fraction of sp³-hybridized carbons (Fsp3) is 0.900. The third-order valence-corrected chi connectivity index (χ3v) is 2.45. The highest BCUT2D eigenvalue weighted by molar-refractivity contribution is 5.81. The summed E-state index contributed by atoms with van der Waals surface area (Å²) in [6.07, 6.45) is -14.0. The molecule has 10 heteroatoms. The van der Waals surface area contributed by atoms with E-state index < -0.39 is 36.7 Å². The van der Waals surface area contributed by atoms with Crippen LogP contribution in [-0.4, -0.2) is 67.5 Å². The lowest BCUT2D eigenvalue weighted by atomic mass is 9.95. The van der Waals surface area contributed by atoms with Crippen molar-refractivity contribution in [1.29, 1.82) is 0 Å². The van der Waals surface area contributed by atoms with Crippen molar-refractivity contribution in [3.63, 3.8) is 0 Å². The Morgan fingerprint density at radius 3 is 1.90 bits per heavy atom. The van der Waals surface area contributed by atoms with Crippen LogP contribution in [0.1, 0.15) is 6.42 Å². The Bertz CT molecular complexity index is 313. The lowest BCUT2D eigenvalue weighted by Crippen LogP contribution is -2.58. The molecular formula is C10H16F6N2O2. The number of hydrogen-bond donors (Lipinski definition) is 2. The first-order valence-electron chi connectivity index (χ1n) is 5.54. The normalized spacial score (nSPS) is 13.9. The number of nitrogens with zero attached hydrogens (tertiary/aromatic N) is 1. The molecule has 0 saturated carbocycles. The van der Waals surface area contributed by atoms with E-state index in [0.717, 1.165) is 0 Å². The topological polar surface area (TPSA) is 52.6 Å². The second-order valence-electron chi connectivity index (χ2n) is 4.55. The molecule has 0 aromatic carbocycles. The molecule has 4 nitrogen and oxygen atoms in total. The van der Waals surface area contributed by atoms with E-state index in [-0.39, 0.29) is 6.54 Å². The summed E-state index contributed by atoms with van der Waals surface area (Å²) in [5.74, 6) is -1.37. The molecule has 0 saturated heterocycles. The molecule has 0 rings (SSSR count). The van der Waals surface area contributed by atoms with Crippen LogP contribution < -0.4 is 5.32 Å². The van der Waals surface area contributed by atoms with Crippen molar-refractivity contribution in [2.75, 3.05) is 33.7 Å². The molecule has 0 amide bonds. The maximum atomic E-state index is 12.3. The number of hydrogen-bond acceptors (Lipinski definition) is 4. The minimum absolute atomic E-state index is 0.217. The summed E-state index contributed by atoms with van der Waals surface area (Å²) in [5.41, 5.74) is -5.01. The SMILES string of the molecule is CN(C)CCNCC(=O)CC(O)(C(F)(F)F)C(F)(F)F. The quantitative estimate of drug-likeness (QED) is 0.543. The van der Waals surface area contributed by atoms with Crippen molar-refractivity contribution in [2.45, 2.75) is 24.4 Å². The van der Waals surface area contributed by atoms with Gasteiger partial charge in [-0.2, -0.15) is 26.3 Å². The summed E-state index contributed by atoms with van der Waals surface area (Å²) in [5, 5.41) is 11.2. The van der Waals surface area contributed by atoms with E-state index >= 15 is 0 Å². The first-order chi connectivity index (χ1) is 8.81. The van der Waals surface area contributed by atoms with Crippen LogP contribution in [0.15, 0.2) is 0 Å². The van der Waals surface area contributed by atoms with Crippen LogP contribution in [0.5, 0.6) is 0 Å². The summed E-state index contributed by atoms with van der Waals surface area (Å²) >= 11 is 0. The van der Waals surface area contributed by atoms with Crippen molar-refractivity contribution in [3.05, 3.63) is 0 Å². The van der Waals surface area contributed by atoms with E-state index in [0.29, 0.717) is 6.54 Å². The first-order valence-corrected chi connectivity index (χ1v) is 5.54. The van der Waals surface area contributed by atoms with Crippen molar-refractivity contribution in [1.82, 2.24) is 10.2 Å². The molecule has 0 atom stereocenters. The number of Topliss-reactive ketones (excluding diaryl/α,β-unsaturated/α-hetero) is 1. The fourth-order valence-corrected chi connectivity index (χ4v) is 1.24. The van der Waals surface area contributed by atoms with Crippen LogP contribution in [0.4, 0.5) is 26.3 Å². The Morgan fingerprint density at radius 1 is 1.10 bits per heavy atom. The standard InChI is InChI=1S/C10H16F6N2O2/c1-18(2)4-3-17-6-7(19)5-8(20,9(11,12)13)10(14,15)16/h17,20H,3-6H2,1-2H3. The molecule has 0 fully saturated rings. The third-order valence-electron chi connectivity index (χ3n) is 2.45. The van der Waals surface area contributed by atoms with E-state index in [1.165, 1.54) is 0 Å². The van der Waals surface area contributed by atoms with Gasteiger partial charge in [0.05, 0.1) is 13.0 Å². The van der Waals surface area contributed by atoms with Gasteiger partial charge in [-0.25, -0.2) is 0 Å². The second kappa shape index (κ2) is 6.72. The maximum Gasteiger partial charge on any atom is 0.426 e. The molecule has 0 aromatic heterocycles. The van der Waals surface area contributed by atoms with Crippen LogP contribution in [-0.2, 0) is 4.79 Å². The van der Waals surface area contributed by atoms with E-state index in [2.05, 4.69) is 5.32 Å². The van der Waals surface area contributed by atoms with Gasteiger partial charge in [-0.05, 0) is 14.1 Å². The molecule has 0 spiro atoms. The summed E-state index contributed by atoms with van der Waals surface area (Å²) < 4.78 is 73.8. The van der Waals surface area contributed by atoms with Gasteiger partial charge in [0.1, 0.15) is 5.78 Å². The predicted molar refractivity (Wildman–Crippen MR) is 58.1 cm³/mol. The van der Waals surface area contributed by atoms with Gasteiger partial charge in [0.25, 0.3) is 5.60 Å². The van der Waals surface area contributed by atoms with Crippen LogP contribution in [0.25, 0.3) is 0 Å². The van der Waals surface area contributed by atoms with Crippen molar-refractivity contribution >= 4 is 5.78 Å². The molecule has 20 heavy (non-hydrogen) atoms. The summed E-state index contributed by atoms with van der Waals surface area (Å²) in [6.45, 7) is -0.00635. The number of aliphatic hydroxyl groups is 1. The largest absolute Gasteiger partial charge is 0.426 e. The predicted octanol–water partition coefficient (Wildman–Crippen LogP) is 0.953. The van der Waals surface area contributed by atoms with E-state index in [1.807, 2.05) is 0 Å². The minimum atomic E-state index is -5.97. The van der Waals surface area contributed by atoms with Crippen molar-refractivity contribution in [3.8, 4) is 0 Å². The molecule has 0 aliphatic rings. The van der Waals surface area contributed by atoms with Gasteiger partial charge in [0, 0.05) is 13.1 Å². The van der Waals surface area contributed by atoms with Gasteiger partial charge < -0.3 is 15.3 Å². The molecule has 0 radical (unpaired) electrons. The number of ketones is 1. The lowest BCUT2D eigenvalue weighted by molar-refractivity contribution is -0.366. The molecule has 0 aromatic rings. The summed E-state index contributed by atoms with van der Waals surface area (Å²) in [6, 6.07) is 0. The average molecular weight is 310 g/mol. The van der Waals surface area contributed by atoms with Crippen LogP contribution in [0, 0.1) is 0 Å². The molecule has 0 aliphatic heterocycles. The Balaban J connectivity index is 4.59. The Hall–Kier alpha value is -0.870. The Kier molecular flexibility index (Phi) is 6.43. The zero-order chi connectivity index (χ0) is 16.2. The van der Waals surface area contributed by atoms with E-state index in [4.69, 9.17) is 5.11 Å². The number of carbonyl (C=O) groups excluding carboxylic acids is 1. The van der Waals surface area contributed by atoms with Crippen LogP contribution in [0.3, 0.4) is 0 Å². The van der Waals surface area contributed by atoms with Crippen molar-refractivity contribution < 1.29 is 36.2 Å². The molecule has 2 N–H and O–H groups in total. The summed E-state index contributed by atoms with van der Waals surface area (Å²) in [7, 11) is 3.41. The lowest BCUT2D eigenvalue weighted by Gasteiger charge is -2.31. The minimum Gasteiger partial charge on any atom is -0.373 e. The smallest absolute Gasteiger partial charge is 0.373 e. The molecule has 0 bridgehead atoms. The number of alkyl halides is 6. The van der Waals surface area contributed by atoms with Gasteiger partial charge in [0.2, 0.25) is 0 Å². The molecule has 0 aliphatic carbocycles. The number of halogens is 6. The molecular weight excluding hydrogens is 294 g/mol. The molecule has 120 valence electrons. The number of nitrogens with one attached hydrogen (secondary N) is 1. The highest BCUT2D eigenvalue weighted by Crippen LogP contribution is 2.45. The highest BCUT2D eigenvalue weighted by atomic mass is 19.4. The number of likely N-dealkylation sites (N-methyl/N-ethyl adjacent to an activating group) is 1. The Labute approximate surface area is 111 Å². The second-order valence-corrected chi connectivity index (χ2v) is 4.55.